The van der Waals surface area contributed by atoms with Gasteiger partial charge in [-0.3, -0.25) is 0 Å². The second-order valence-corrected chi connectivity index (χ2v) is 3.40. The van der Waals surface area contributed by atoms with Gasteiger partial charge in [-0.15, -0.1) is 5.11 Å². The van der Waals surface area contributed by atoms with Crippen LogP contribution in [0, 0.1) is 0 Å². The SMILES string of the molecule is C=CNc1ccccc1N=Nc1ccccc1. The highest BCUT2D eigenvalue weighted by molar-refractivity contribution is 5.65. The second-order valence-electron chi connectivity index (χ2n) is 3.40. The lowest BCUT2D eigenvalue weighted by Crippen LogP contribution is -1.85. The largest absolute Gasteiger partial charge is 0.360 e. The Kier molecular flexibility index (Phi) is 3.65. The molecule has 2 aromatic carbocycles. The van der Waals surface area contributed by atoms with Gasteiger partial charge in [0.15, 0.2) is 0 Å². The minimum absolute atomic E-state index is 0.788. The van der Waals surface area contributed by atoms with Crippen molar-refractivity contribution in [3.63, 3.8) is 0 Å². The van der Waals surface area contributed by atoms with E-state index in [1.807, 2.05) is 54.6 Å². The Bertz CT molecular complexity index is 518. The molecule has 2 aromatic rings. The van der Waals surface area contributed by atoms with Gasteiger partial charge in [0.25, 0.3) is 0 Å². The summed E-state index contributed by atoms with van der Waals surface area (Å²) >= 11 is 0. The smallest absolute Gasteiger partial charge is 0.109 e. The molecule has 0 spiro atoms. The maximum absolute atomic E-state index is 4.21. The molecule has 0 aliphatic carbocycles. The molecule has 17 heavy (non-hydrogen) atoms. The topological polar surface area (TPSA) is 36.8 Å². The summed E-state index contributed by atoms with van der Waals surface area (Å²) in [4.78, 5) is 0. The van der Waals surface area contributed by atoms with E-state index >= 15 is 0 Å². The summed E-state index contributed by atoms with van der Waals surface area (Å²) in [6.45, 7) is 3.63. The molecule has 0 amide bonds. The zero-order chi connectivity index (χ0) is 11.9. The van der Waals surface area contributed by atoms with Gasteiger partial charge in [-0.1, -0.05) is 36.9 Å². The second kappa shape index (κ2) is 5.61. The number of benzene rings is 2. The number of para-hydroxylation sites is 1. The minimum Gasteiger partial charge on any atom is -0.360 e. The standard InChI is InChI=1S/C14H13N3/c1-2-15-13-10-6-7-11-14(13)17-16-12-8-4-3-5-9-12/h2-11,15H,1H2. The number of nitrogens with zero attached hydrogens (tertiary/aromatic N) is 2. The van der Waals surface area contributed by atoms with E-state index in [1.54, 1.807) is 6.20 Å². The third-order valence-corrected chi connectivity index (χ3v) is 2.19. The van der Waals surface area contributed by atoms with Crippen molar-refractivity contribution in [3.05, 3.63) is 67.4 Å². The Balaban J connectivity index is 2.24. The Morgan fingerprint density at radius 2 is 1.59 bits per heavy atom. The van der Waals surface area contributed by atoms with Crippen LogP contribution < -0.4 is 5.32 Å². The molecule has 0 aliphatic rings. The predicted octanol–water partition coefficient (Wildman–Crippen LogP) is 4.66. The van der Waals surface area contributed by atoms with Gasteiger partial charge in [-0.05, 0) is 30.5 Å². The molecule has 0 bridgehead atoms. The number of hydrogen-bond donors (Lipinski definition) is 1. The van der Waals surface area contributed by atoms with Gasteiger partial charge in [-0.2, -0.15) is 5.11 Å². The van der Waals surface area contributed by atoms with E-state index in [1.165, 1.54) is 0 Å². The van der Waals surface area contributed by atoms with Gasteiger partial charge < -0.3 is 5.32 Å². The summed E-state index contributed by atoms with van der Waals surface area (Å²) in [5, 5.41) is 11.4. The van der Waals surface area contributed by atoms with Crippen LogP contribution >= 0.6 is 0 Å². The summed E-state index contributed by atoms with van der Waals surface area (Å²) in [6.07, 6.45) is 1.62. The van der Waals surface area contributed by atoms with E-state index in [0.717, 1.165) is 17.1 Å². The molecule has 0 saturated heterocycles. The number of hydrogen-bond acceptors (Lipinski definition) is 3. The number of anilines is 1. The van der Waals surface area contributed by atoms with Crippen molar-refractivity contribution >= 4 is 17.1 Å². The lowest BCUT2D eigenvalue weighted by Gasteiger charge is -2.02. The van der Waals surface area contributed by atoms with Crippen LogP contribution in [-0.4, -0.2) is 0 Å². The molecule has 0 fully saturated rings. The van der Waals surface area contributed by atoms with Crippen LogP contribution in [0.5, 0.6) is 0 Å². The first-order chi connectivity index (χ1) is 8.40. The van der Waals surface area contributed by atoms with E-state index in [4.69, 9.17) is 0 Å². The first-order valence-corrected chi connectivity index (χ1v) is 5.33. The summed E-state index contributed by atoms with van der Waals surface area (Å²) in [6, 6.07) is 17.3. The Labute approximate surface area is 101 Å². The maximum atomic E-state index is 4.21. The van der Waals surface area contributed by atoms with Crippen LogP contribution in [-0.2, 0) is 0 Å². The summed E-state index contributed by atoms with van der Waals surface area (Å²) < 4.78 is 0. The highest BCUT2D eigenvalue weighted by atomic mass is 15.1. The number of rotatable bonds is 4. The highest BCUT2D eigenvalue weighted by Gasteiger charge is 1.97. The average Bonchev–Trinajstić information content (AvgIpc) is 2.39. The quantitative estimate of drug-likeness (QED) is 0.752. The molecule has 0 heterocycles. The fraction of sp³-hybridized carbons (Fsp3) is 0. The van der Waals surface area contributed by atoms with E-state index in [0.29, 0.717) is 0 Å². The van der Waals surface area contributed by atoms with Crippen LogP contribution in [0.2, 0.25) is 0 Å². The van der Waals surface area contributed by atoms with Gasteiger partial charge in [0, 0.05) is 0 Å². The van der Waals surface area contributed by atoms with Crippen LogP contribution in [0.4, 0.5) is 17.1 Å². The lowest BCUT2D eigenvalue weighted by molar-refractivity contribution is 1.23. The highest BCUT2D eigenvalue weighted by Crippen LogP contribution is 2.26. The normalized spacial score (nSPS) is 10.4. The van der Waals surface area contributed by atoms with E-state index < -0.39 is 0 Å². The van der Waals surface area contributed by atoms with Gasteiger partial charge in [0.2, 0.25) is 0 Å². The summed E-state index contributed by atoms with van der Waals surface area (Å²) in [5.74, 6) is 0. The van der Waals surface area contributed by atoms with Crippen molar-refractivity contribution in [1.82, 2.24) is 0 Å². The first kappa shape index (κ1) is 11.1. The monoisotopic (exact) mass is 223 g/mol. The fourth-order valence-corrected chi connectivity index (χ4v) is 1.40. The molecule has 0 unspecified atom stereocenters. The van der Waals surface area contributed by atoms with E-state index in [-0.39, 0.29) is 0 Å². The van der Waals surface area contributed by atoms with Crippen molar-refractivity contribution < 1.29 is 0 Å². The van der Waals surface area contributed by atoms with Crippen LogP contribution in [0.25, 0.3) is 0 Å². The third kappa shape index (κ3) is 3.01. The van der Waals surface area contributed by atoms with Gasteiger partial charge >= 0.3 is 0 Å². The number of azo groups is 1. The zero-order valence-corrected chi connectivity index (χ0v) is 9.38. The van der Waals surface area contributed by atoms with Crippen LogP contribution in [0.3, 0.4) is 0 Å². The molecule has 3 nitrogen and oxygen atoms in total. The predicted molar refractivity (Wildman–Crippen MR) is 70.9 cm³/mol. The van der Waals surface area contributed by atoms with Crippen molar-refractivity contribution in [3.8, 4) is 0 Å². The first-order valence-electron chi connectivity index (χ1n) is 5.33. The van der Waals surface area contributed by atoms with Gasteiger partial charge in [0.1, 0.15) is 5.69 Å². The molecule has 0 radical (unpaired) electrons. The molecular formula is C14H13N3. The van der Waals surface area contributed by atoms with Crippen molar-refractivity contribution in [2.75, 3.05) is 5.32 Å². The average molecular weight is 223 g/mol. The maximum Gasteiger partial charge on any atom is 0.109 e. The molecule has 0 atom stereocenters. The zero-order valence-electron chi connectivity index (χ0n) is 9.38. The Hall–Kier alpha value is -2.42. The molecule has 84 valence electrons. The van der Waals surface area contributed by atoms with Crippen molar-refractivity contribution in [1.29, 1.82) is 0 Å². The fourth-order valence-electron chi connectivity index (χ4n) is 1.40. The van der Waals surface area contributed by atoms with Crippen LogP contribution in [0.1, 0.15) is 0 Å². The molecule has 0 saturated carbocycles. The van der Waals surface area contributed by atoms with Crippen molar-refractivity contribution in [2.24, 2.45) is 10.2 Å². The van der Waals surface area contributed by atoms with E-state index in [9.17, 15) is 0 Å². The molecule has 2 rings (SSSR count). The summed E-state index contributed by atoms with van der Waals surface area (Å²) in [7, 11) is 0. The molecule has 1 N–H and O–H groups in total. The van der Waals surface area contributed by atoms with Gasteiger partial charge in [0.05, 0.1) is 11.4 Å². The van der Waals surface area contributed by atoms with Crippen molar-refractivity contribution in [2.45, 2.75) is 0 Å². The molecule has 3 heteroatoms. The van der Waals surface area contributed by atoms with Crippen LogP contribution in [0.15, 0.2) is 77.6 Å². The molecule has 0 aromatic heterocycles. The molecule has 0 aliphatic heterocycles. The minimum atomic E-state index is 0.788. The Morgan fingerprint density at radius 1 is 0.882 bits per heavy atom. The molecular weight excluding hydrogens is 210 g/mol. The number of nitrogens with one attached hydrogen (secondary N) is 1. The van der Waals surface area contributed by atoms with Gasteiger partial charge in [-0.25, -0.2) is 0 Å². The van der Waals surface area contributed by atoms with E-state index in [2.05, 4.69) is 22.1 Å². The Morgan fingerprint density at radius 3 is 2.35 bits per heavy atom. The third-order valence-electron chi connectivity index (χ3n) is 2.19. The lowest BCUT2D eigenvalue weighted by atomic mass is 10.3. The summed E-state index contributed by atoms with van der Waals surface area (Å²) in [5.41, 5.74) is 2.51.